The summed E-state index contributed by atoms with van der Waals surface area (Å²) in [7, 11) is 0. The Labute approximate surface area is 69.9 Å². The normalized spacial score (nSPS) is 14.1. The van der Waals surface area contributed by atoms with Gasteiger partial charge in [0.25, 0.3) is 0 Å². The molecule has 0 aromatic carbocycles. The van der Waals surface area contributed by atoms with E-state index in [1.54, 1.807) is 0 Å². The average Bonchev–Trinajstić information content (AvgIpc) is 1.99. The molecule has 0 saturated carbocycles. The summed E-state index contributed by atoms with van der Waals surface area (Å²) in [6.07, 6.45) is 6.54. The summed E-state index contributed by atoms with van der Waals surface area (Å²) in [6, 6.07) is 0.627. The Morgan fingerprint density at radius 2 is 2.18 bits per heavy atom. The van der Waals surface area contributed by atoms with E-state index >= 15 is 0 Å². The van der Waals surface area contributed by atoms with Gasteiger partial charge in [0.1, 0.15) is 0 Å². The van der Waals surface area contributed by atoms with E-state index in [2.05, 4.69) is 25.2 Å². The molecule has 0 aliphatic rings. The summed E-state index contributed by atoms with van der Waals surface area (Å²) in [4.78, 5) is 0. The number of rotatable bonds is 6. The molecular weight excluding hydrogens is 136 g/mol. The summed E-state index contributed by atoms with van der Waals surface area (Å²) < 4.78 is 0. The highest BCUT2D eigenvalue weighted by molar-refractivity contribution is 4.85. The molecule has 0 aliphatic carbocycles. The zero-order valence-electron chi connectivity index (χ0n) is 7.64. The maximum atomic E-state index is 5.29. The van der Waals surface area contributed by atoms with Crippen LogP contribution in [0.1, 0.15) is 26.7 Å². The molecule has 0 saturated heterocycles. The van der Waals surface area contributed by atoms with Crippen LogP contribution in [0.5, 0.6) is 0 Å². The lowest BCUT2D eigenvalue weighted by Gasteiger charge is -2.09. The van der Waals surface area contributed by atoms with Crippen molar-refractivity contribution < 1.29 is 0 Å². The Morgan fingerprint density at radius 1 is 1.45 bits per heavy atom. The third kappa shape index (κ3) is 7.56. The van der Waals surface area contributed by atoms with Crippen molar-refractivity contribution >= 4 is 0 Å². The van der Waals surface area contributed by atoms with E-state index in [-0.39, 0.29) is 0 Å². The second-order valence-corrected chi connectivity index (χ2v) is 2.81. The van der Waals surface area contributed by atoms with Gasteiger partial charge in [-0.05, 0) is 13.3 Å². The van der Waals surface area contributed by atoms with Gasteiger partial charge in [0.15, 0.2) is 0 Å². The highest BCUT2D eigenvalue weighted by Gasteiger charge is 1.95. The zero-order chi connectivity index (χ0) is 8.53. The van der Waals surface area contributed by atoms with E-state index < -0.39 is 0 Å². The minimum atomic E-state index is 0.627. The minimum absolute atomic E-state index is 0.627. The van der Waals surface area contributed by atoms with E-state index in [1.165, 1.54) is 12.8 Å². The van der Waals surface area contributed by atoms with Gasteiger partial charge in [-0.15, -0.1) is 0 Å². The molecule has 0 amide bonds. The maximum absolute atomic E-state index is 5.29. The monoisotopic (exact) mass is 156 g/mol. The average molecular weight is 156 g/mol. The third-order valence-electron chi connectivity index (χ3n) is 1.61. The fraction of sp³-hybridized carbons (Fsp3) is 0.778. The first-order valence-electron chi connectivity index (χ1n) is 4.39. The topological polar surface area (TPSA) is 38.0 Å². The number of nitrogens with one attached hydrogen (secondary N) is 1. The van der Waals surface area contributed by atoms with Crippen LogP contribution in [0, 0.1) is 0 Å². The van der Waals surface area contributed by atoms with Crippen molar-refractivity contribution in [1.82, 2.24) is 5.32 Å². The second-order valence-electron chi connectivity index (χ2n) is 2.81. The van der Waals surface area contributed by atoms with Crippen molar-refractivity contribution in [2.75, 3.05) is 13.1 Å². The molecule has 0 bridgehead atoms. The molecule has 0 aromatic heterocycles. The van der Waals surface area contributed by atoms with E-state index in [4.69, 9.17) is 5.73 Å². The predicted molar refractivity (Wildman–Crippen MR) is 50.6 cm³/mol. The molecule has 0 spiro atoms. The van der Waals surface area contributed by atoms with E-state index in [1.807, 2.05) is 6.08 Å². The van der Waals surface area contributed by atoms with E-state index in [9.17, 15) is 0 Å². The van der Waals surface area contributed by atoms with Gasteiger partial charge in [-0.2, -0.15) is 0 Å². The molecule has 2 nitrogen and oxygen atoms in total. The first-order chi connectivity index (χ1) is 5.31. The molecule has 0 heterocycles. The highest BCUT2D eigenvalue weighted by Crippen LogP contribution is 1.93. The zero-order valence-corrected chi connectivity index (χ0v) is 7.64. The summed E-state index contributed by atoms with van der Waals surface area (Å²) in [5.41, 5.74) is 5.29. The summed E-state index contributed by atoms with van der Waals surface area (Å²) in [6.45, 7) is 6.00. The fourth-order valence-corrected chi connectivity index (χ4v) is 0.984. The standard InChI is InChI=1S/C9H20N2/c1-3-6-9(2)11-8-5-4-7-10/h4-5,9,11H,3,6-8,10H2,1-2H3/b5-4+. The Balaban J connectivity index is 3.16. The van der Waals surface area contributed by atoms with Gasteiger partial charge >= 0.3 is 0 Å². The summed E-state index contributed by atoms with van der Waals surface area (Å²) >= 11 is 0. The summed E-state index contributed by atoms with van der Waals surface area (Å²) in [5, 5.41) is 3.38. The van der Waals surface area contributed by atoms with Crippen LogP contribution in [0.25, 0.3) is 0 Å². The van der Waals surface area contributed by atoms with Crippen LogP contribution in [-0.4, -0.2) is 19.1 Å². The molecule has 11 heavy (non-hydrogen) atoms. The summed E-state index contributed by atoms with van der Waals surface area (Å²) in [5.74, 6) is 0. The van der Waals surface area contributed by atoms with Gasteiger partial charge in [-0.25, -0.2) is 0 Å². The molecule has 1 unspecified atom stereocenters. The molecule has 0 fully saturated rings. The predicted octanol–water partition coefficient (Wildman–Crippen LogP) is 1.28. The smallest absolute Gasteiger partial charge is 0.0137 e. The van der Waals surface area contributed by atoms with Crippen LogP contribution >= 0.6 is 0 Å². The van der Waals surface area contributed by atoms with Crippen LogP contribution < -0.4 is 11.1 Å². The van der Waals surface area contributed by atoms with Crippen molar-refractivity contribution in [3.63, 3.8) is 0 Å². The van der Waals surface area contributed by atoms with Crippen LogP contribution in [-0.2, 0) is 0 Å². The Morgan fingerprint density at radius 3 is 2.73 bits per heavy atom. The maximum Gasteiger partial charge on any atom is 0.0137 e. The van der Waals surface area contributed by atoms with Crippen LogP contribution in [0.15, 0.2) is 12.2 Å². The molecule has 0 radical (unpaired) electrons. The minimum Gasteiger partial charge on any atom is -0.327 e. The number of hydrogen-bond acceptors (Lipinski definition) is 2. The Kier molecular flexibility index (Phi) is 7.52. The Bertz CT molecular complexity index is 99.7. The third-order valence-corrected chi connectivity index (χ3v) is 1.61. The number of nitrogens with two attached hydrogens (primary N) is 1. The van der Waals surface area contributed by atoms with E-state index in [0.29, 0.717) is 12.6 Å². The lowest BCUT2D eigenvalue weighted by molar-refractivity contribution is 0.536. The van der Waals surface area contributed by atoms with Crippen molar-refractivity contribution in [2.24, 2.45) is 5.73 Å². The molecule has 66 valence electrons. The Hall–Kier alpha value is -0.340. The SMILES string of the molecule is CCCC(C)NC/C=C/CN. The van der Waals surface area contributed by atoms with Gasteiger partial charge < -0.3 is 11.1 Å². The van der Waals surface area contributed by atoms with Crippen LogP contribution in [0.2, 0.25) is 0 Å². The van der Waals surface area contributed by atoms with Gasteiger partial charge in [0, 0.05) is 19.1 Å². The van der Waals surface area contributed by atoms with Crippen molar-refractivity contribution in [3.8, 4) is 0 Å². The van der Waals surface area contributed by atoms with Crippen LogP contribution in [0.4, 0.5) is 0 Å². The van der Waals surface area contributed by atoms with Crippen molar-refractivity contribution in [3.05, 3.63) is 12.2 Å². The van der Waals surface area contributed by atoms with Gasteiger partial charge in [-0.1, -0.05) is 25.5 Å². The fourth-order valence-electron chi connectivity index (χ4n) is 0.984. The molecule has 0 rings (SSSR count). The molecular formula is C9H20N2. The van der Waals surface area contributed by atoms with Gasteiger partial charge in [-0.3, -0.25) is 0 Å². The number of hydrogen-bond donors (Lipinski definition) is 2. The van der Waals surface area contributed by atoms with Crippen LogP contribution in [0.3, 0.4) is 0 Å². The highest BCUT2D eigenvalue weighted by atomic mass is 14.9. The van der Waals surface area contributed by atoms with Gasteiger partial charge in [0.05, 0.1) is 0 Å². The van der Waals surface area contributed by atoms with Crippen molar-refractivity contribution in [2.45, 2.75) is 32.7 Å². The molecule has 3 N–H and O–H groups in total. The molecule has 0 aliphatic heterocycles. The van der Waals surface area contributed by atoms with Crippen molar-refractivity contribution in [1.29, 1.82) is 0 Å². The quantitative estimate of drug-likeness (QED) is 0.568. The van der Waals surface area contributed by atoms with Gasteiger partial charge in [0.2, 0.25) is 0 Å². The first-order valence-corrected chi connectivity index (χ1v) is 4.39. The van der Waals surface area contributed by atoms with E-state index in [0.717, 1.165) is 6.54 Å². The molecule has 1 atom stereocenters. The molecule has 2 heteroatoms. The lowest BCUT2D eigenvalue weighted by atomic mass is 10.2. The second kappa shape index (κ2) is 7.76. The molecule has 0 aromatic rings. The lowest BCUT2D eigenvalue weighted by Crippen LogP contribution is -2.25. The first kappa shape index (κ1) is 10.7. The largest absolute Gasteiger partial charge is 0.327 e.